The Kier molecular flexibility index (Phi) is 4.49. The second kappa shape index (κ2) is 5.97. The number of rotatable bonds is 2. The highest BCUT2D eigenvalue weighted by atomic mass is 79.9. The van der Waals surface area contributed by atoms with Crippen molar-refractivity contribution < 1.29 is 14.7 Å². The summed E-state index contributed by atoms with van der Waals surface area (Å²) in [4.78, 5) is 27.4. The molecule has 0 aromatic carbocycles. The van der Waals surface area contributed by atoms with Gasteiger partial charge in [-0.2, -0.15) is 0 Å². The molecule has 1 aromatic heterocycles. The molecular formula is C13H18BrN3O3. The minimum absolute atomic E-state index is 0.0395. The first-order valence-corrected chi connectivity index (χ1v) is 7.27. The predicted molar refractivity (Wildman–Crippen MR) is 77.3 cm³/mol. The Morgan fingerprint density at radius 3 is 2.25 bits per heavy atom. The van der Waals surface area contributed by atoms with Gasteiger partial charge in [0.2, 0.25) is 0 Å². The third-order valence-corrected chi connectivity index (χ3v) is 3.86. The highest BCUT2D eigenvalue weighted by Gasteiger charge is 2.27. The Hall–Kier alpha value is -1.34. The molecule has 1 aliphatic heterocycles. The van der Waals surface area contributed by atoms with Gasteiger partial charge in [-0.1, -0.05) is 0 Å². The zero-order chi connectivity index (χ0) is 14.9. The molecule has 1 unspecified atom stereocenters. The summed E-state index contributed by atoms with van der Waals surface area (Å²) in [5.41, 5.74) is 0.618. The number of piperazine rings is 1. The lowest BCUT2D eigenvalue weighted by molar-refractivity contribution is -0.140. The summed E-state index contributed by atoms with van der Waals surface area (Å²) >= 11 is 3.35. The van der Waals surface area contributed by atoms with Crippen LogP contribution in [-0.4, -0.2) is 63.6 Å². The predicted octanol–water partition coefficient (Wildman–Crippen LogP) is 0.453. The lowest BCUT2D eigenvalue weighted by Gasteiger charge is -2.35. The Labute approximate surface area is 126 Å². The van der Waals surface area contributed by atoms with E-state index in [4.69, 9.17) is 0 Å². The second-order valence-corrected chi connectivity index (χ2v) is 5.86. The Morgan fingerprint density at radius 2 is 1.80 bits per heavy atom. The zero-order valence-electron chi connectivity index (χ0n) is 11.5. The first-order valence-electron chi connectivity index (χ1n) is 6.48. The molecule has 0 radical (unpaired) electrons. The standard InChI is InChI=1S/C13H18BrN3O3/c1-9(18)12(19)16-3-5-17(6-4-16)13(20)11-7-10(14)8-15(11)2/h7-9,18H,3-6H2,1-2H3. The molecule has 1 aromatic rings. The number of aryl methyl sites for hydroxylation is 1. The minimum Gasteiger partial charge on any atom is -0.384 e. The highest BCUT2D eigenvalue weighted by Crippen LogP contribution is 2.16. The van der Waals surface area contributed by atoms with Gasteiger partial charge in [0.1, 0.15) is 11.8 Å². The van der Waals surface area contributed by atoms with Gasteiger partial charge >= 0.3 is 0 Å². The average Bonchev–Trinajstić information content (AvgIpc) is 2.76. The molecule has 1 saturated heterocycles. The molecule has 2 amide bonds. The molecule has 7 heteroatoms. The van der Waals surface area contributed by atoms with E-state index in [1.165, 1.54) is 6.92 Å². The van der Waals surface area contributed by atoms with Gasteiger partial charge in [0.25, 0.3) is 11.8 Å². The maximum atomic E-state index is 12.4. The van der Waals surface area contributed by atoms with E-state index in [-0.39, 0.29) is 11.8 Å². The molecule has 0 spiro atoms. The van der Waals surface area contributed by atoms with Crippen molar-refractivity contribution in [3.63, 3.8) is 0 Å². The average molecular weight is 344 g/mol. The van der Waals surface area contributed by atoms with E-state index in [9.17, 15) is 14.7 Å². The van der Waals surface area contributed by atoms with Gasteiger partial charge in [0.15, 0.2) is 0 Å². The number of nitrogens with zero attached hydrogens (tertiary/aromatic N) is 3. The van der Waals surface area contributed by atoms with E-state index in [0.717, 1.165) is 4.47 Å². The van der Waals surface area contributed by atoms with Gasteiger partial charge in [-0.15, -0.1) is 0 Å². The van der Waals surface area contributed by atoms with Crippen molar-refractivity contribution >= 4 is 27.7 Å². The number of carbonyl (C=O) groups is 2. The third-order valence-electron chi connectivity index (χ3n) is 3.43. The SMILES string of the molecule is CC(O)C(=O)N1CCN(C(=O)c2cc(Br)cn2C)CC1. The van der Waals surface area contributed by atoms with E-state index in [0.29, 0.717) is 31.9 Å². The molecule has 2 heterocycles. The van der Waals surface area contributed by atoms with E-state index in [1.54, 1.807) is 20.4 Å². The molecular weight excluding hydrogens is 326 g/mol. The van der Waals surface area contributed by atoms with Crippen LogP contribution in [-0.2, 0) is 11.8 Å². The van der Waals surface area contributed by atoms with Crippen LogP contribution in [0.2, 0.25) is 0 Å². The molecule has 1 atom stereocenters. The fourth-order valence-corrected chi connectivity index (χ4v) is 2.82. The smallest absolute Gasteiger partial charge is 0.270 e. The van der Waals surface area contributed by atoms with E-state index in [2.05, 4.69) is 15.9 Å². The molecule has 20 heavy (non-hydrogen) atoms. The van der Waals surface area contributed by atoms with Crippen LogP contribution < -0.4 is 0 Å². The number of hydrogen-bond acceptors (Lipinski definition) is 3. The van der Waals surface area contributed by atoms with Crippen molar-refractivity contribution in [1.29, 1.82) is 0 Å². The van der Waals surface area contributed by atoms with Crippen LogP contribution in [0.1, 0.15) is 17.4 Å². The number of carbonyl (C=O) groups excluding carboxylic acids is 2. The largest absolute Gasteiger partial charge is 0.384 e. The van der Waals surface area contributed by atoms with Crippen molar-refractivity contribution in [1.82, 2.24) is 14.4 Å². The van der Waals surface area contributed by atoms with Gasteiger partial charge < -0.3 is 19.5 Å². The molecule has 2 rings (SSSR count). The summed E-state index contributed by atoms with van der Waals surface area (Å²) in [5.74, 6) is -0.318. The summed E-state index contributed by atoms with van der Waals surface area (Å²) in [7, 11) is 1.82. The molecule has 1 fully saturated rings. The van der Waals surface area contributed by atoms with Gasteiger partial charge in [-0.3, -0.25) is 9.59 Å². The third kappa shape index (κ3) is 3.04. The number of aliphatic hydroxyl groups is 1. The maximum Gasteiger partial charge on any atom is 0.270 e. The molecule has 1 N–H and O–H groups in total. The number of hydrogen-bond donors (Lipinski definition) is 1. The topological polar surface area (TPSA) is 65.8 Å². The zero-order valence-corrected chi connectivity index (χ0v) is 13.1. The fraction of sp³-hybridized carbons (Fsp3) is 0.538. The summed E-state index contributed by atoms with van der Waals surface area (Å²) in [6.07, 6.45) is 0.849. The van der Waals surface area contributed by atoms with E-state index < -0.39 is 6.10 Å². The minimum atomic E-state index is -0.985. The van der Waals surface area contributed by atoms with Crippen LogP contribution in [0.25, 0.3) is 0 Å². The normalized spacial score (nSPS) is 17.2. The van der Waals surface area contributed by atoms with Gasteiger partial charge in [0, 0.05) is 43.9 Å². The van der Waals surface area contributed by atoms with Crippen LogP contribution in [0.15, 0.2) is 16.7 Å². The van der Waals surface area contributed by atoms with Crippen molar-refractivity contribution in [2.24, 2.45) is 7.05 Å². The lowest BCUT2D eigenvalue weighted by Crippen LogP contribution is -2.52. The maximum absolute atomic E-state index is 12.4. The summed E-state index contributed by atoms with van der Waals surface area (Å²) in [5, 5.41) is 9.29. The van der Waals surface area contributed by atoms with E-state index >= 15 is 0 Å². The quantitative estimate of drug-likeness (QED) is 0.847. The summed E-state index contributed by atoms with van der Waals surface area (Å²) in [6, 6.07) is 1.79. The van der Waals surface area contributed by atoms with Crippen molar-refractivity contribution in [2.75, 3.05) is 26.2 Å². The van der Waals surface area contributed by atoms with Gasteiger partial charge in [0.05, 0.1) is 0 Å². The summed E-state index contributed by atoms with van der Waals surface area (Å²) < 4.78 is 2.64. The molecule has 0 saturated carbocycles. The Bertz CT molecular complexity index is 519. The van der Waals surface area contributed by atoms with Crippen LogP contribution in [0.3, 0.4) is 0 Å². The number of amides is 2. The van der Waals surface area contributed by atoms with Crippen molar-refractivity contribution in [3.8, 4) is 0 Å². The van der Waals surface area contributed by atoms with E-state index in [1.807, 2.05) is 13.2 Å². The number of aliphatic hydroxyl groups excluding tert-OH is 1. The molecule has 110 valence electrons. The molecule has 0 bridgehead atoms. The monoisotopic (exact) mass is 343 g/mol. The molecule has 6 nitrogen and oxygen atoms in total. The number of aromatic nitrogens is 1. The van der Waals surface area contributed by atoms with Gasteiger partial charge in [-0.25, -0.2) is 0 Å². The van der Waals surface area contributed by atoms with Crippen LogP contribution in [0, 0.1) is 0 Å². The Morgan fingerprint density at radius 1 is 1.25 bits per heavy atom. The van der Waals surface area contributed by atoms with Crippen LogP contribution >= 0.6 is 15.9 Å². The van der Waals surface area contributed by atoms with Gasteiger partial charge in [-0.05, 0) is 28.9 Å². The van der Waals surface area contributed by atoms with Crippen LogP contribution in [0.4, 0.5) is 0 Å². The molecule has 0 aliphatic carbocycles. The highest BCUT2D eigenvalue weighted by molar-refractivity contribution is 9.10. The fourth-order valence-electron chi connectivity index (χ4n) is 2.29. The van der Waals surface area contributed by atoms with Crippen molar-refractivity contribution in [3.05, 3.63) is 22.4 Å². The second-order valence-electron chi connectivity index (χ2n) is 4.95. The van der Waals surface area contributed by atoms with Crippen molar-refractivity contribution in [2.45, 2.75) is 13.0 Å². The first-order chi connectivity index (χ1) is 9.40. The van der Waals surface area contributed by atoms with Crippen LogP contribution in [0.5, 0.6) is 0 Å². The molecule has 1 aliphatic rings. The lowest BCUT2D eigenvalue weighted by atomic mass is 10.2. The number of halogens is 1. The summed E-state index contributed by atoms with van der Waals surface area (Å²) in [6.45, 7) is 3.35. The first kappa shape index (κ1) is 15.1. The Balaban J connectivity index is 1.99.